The van der Waals surface area contributed by atoms with Gasteiger partial charge in [-0.25, -0.2) is 0 Å². The van der Waals surface area contributed by atoms with Crippen LogP contribution in [0.4, 0.5) is 0 Å². The van der Waals surface area contributed by atoms with Gasteiger partial charge in [0, 0.05) is 19.0 Å². The topological polar surface area (TPSA) is 51.2 Å². The van der Waals surface area contributed by atoms with Crippen molar-refractivity contribution in [3.8, 4) is 0 Å². The van der Waals surface area contributed by atoms with Gasteiger partial charge in [-0.2, -0.15) is 0 Å². The van der Waals surface area contributed by atoms with Crippen LogP contribution in [0.25, 0.3) is 0 Å². The van der Waals surface area contributed by atoms with E-state index in [-0.39, 0.29) is 5.92 Å². The van der Waals surface area contributed by atoms with Gasteiger partial charge in [0.2, 0.25) is 0 Å². The van der Waals surface area contributed by atoms with E-state index in [9.17, 15) is 5.11 Å². The minimum Gasteiger partial charge on any atom is -0.491 e. The Kier molecular flexibility index (Phi) is 6.58. The fraction of sp³-hybridized carbons (Fsp3) is 0.789. The van der Waals surface area contributed by atoms with Crippen molar-refractivity contribution in [2.75, 3.05) is 39.5 Å². The van der Waals surface area contributed by atoms with E-state index in [4.69, 9.17) is 14.2 Å². The van der Waals surface area contributed by atoms with Gasteiger partial charge in [-0.1, -0.05) is 19.3 Å². The zero-order chi connectivity index (χ0) is 16.7. The quantitative estimate of drug-likeness (QED) is 0.724. The normalized spacial score (nSPS) is 29.1. The van der Waals surface area contributed by atoms with Crippen LogP contribution in [0.5, 0.6) is 0 Å². The van der Waals surface area contributed by atoms with Gasteiger partial charge in [0.1, 0.15) is 0 Å². The monoisotopic (exact) mass is 337 g/mol. The van der Waals surface area contributed by atoms with Gasteiger partial charge in [-0.3, -0.25) is 4.90 Å². The third-order valence-corrected chi connectivity index (χ3v) is 5.32. The molecule has 1 aliphatic carbocycles. The second kappa shape index (κ2) is 8.88. The molecular formula is C19H31NO4. The zero-order valence-corrected chi connectivity index (χ0v) is 14.6. The maximum Gasteiger partial charge on any atom is 0.268 e. The summed E-state index contributed by atoms with van der Waals surface area (Å²) in [5.74, 6) is -0.543. The summed E-state index contributed by atoms with van der Waals surface area (Å²) in [6, 6.07) is 0. The van der Waals surface area contributed by atoms with Gasteiger partial charge in [0.25, 0.3) is 5.79 Å². The summed E-state index contributed by atoms with van der Waals surface area (Å²) in [6.45, 7) is 5.48. The molecule has 1 unspecified atom stereocenters. The maximum atomic E-state index is 11.0. The largest absolute Gasteiger partial charge is 0.491 e. The van der Waals surface area contributed by atoms with Crippen LogP contribution in [0.2, 0.25) is 0 Å². The SMILES string of the molecule is OC1(C2CCCCC2)OC=CC=C1OCCCCN1CCOCC1. The van der Waals surface area contributed by atoms with E-state index in [1.165, 1.54) is 6.42 Å². The standard InChI is InChI=1S/C19H31NO4/c21-19(17-7-2-1-3-8-17)18(9-6-14-24-19)23-13-5-4-10-20-11-15-22-16-12-20/h6,9,14,17,21H,1-5,7-8,10-13,15-16H2. The highest BCUT2D eigenvalue weighted by Gasteiger charge is 2.44. The first-order valence-electron chi connectivity index (χ1n) is 9.49. The molecule has 3 rings (SSSR count). The van der Waals surface area contributed by atoms with Crippen molar-refractivity contribution in [1.29, 1.82) is 0 Å². The van der Waals surface area contributed by atoms with Gasteiger partial charge in [-0.15, -0.1) is 0 Å². The summed E-state index contributed by atoms with van der Waals surface area (Å²) >= 11 is 0. The molecule has 0 aromatic rings. The minimum absolute atomic E-state index is 0.135. The van der Waals surface area contributed by atoms with Gasteiger partial charge in [0.15, 0.2) is 5.76 Å². The molecule has 1 atom stereocenters. The van der Waals surface area contributed by atoms with E-state index in [1.54, 1.807) is 12.3 Å². The van der Waals surface area contributed by atoms with Gasteiger partial charge < -0.3 is 19.3 Å². The van der Waals surface area contributed by atoms with Gasteiger partial charge in [-0.05, 0) is 44.4 Å². The molecule has 1 saturated carbocycles. The second-order valence-corrected chi connectivity index (χ2v) is 7.02. The van der Waals surface area contributed by atoms with Crippen molar-refractivity contribution in [3.63, 3.8) is 0 Å². The van der Waals surface area contributed by atoms with Crippen LogP contribution in [0.15, 0.2) is 24.2 Å². The Morgan fingerprint density at radius 2 is 1.96 bits per heavy atom. The van der Waals surface area contributed by atoms with E-state index in [1.807, 2.05) is 6.08 Å². The van der Waals surface area contributed by atoms with Gasteiger partial charge >= 0.3 is 0 Å². The maximum absolute atomic E-state index is 11.0. The van der Waals surface area contributed by atoms with Crippen molar-refractivity contribution in [1.82, 2.24) is 4.90 Å². The molecule has 1 saturated heterocycles. The van der Waals surface area contributed by atoms with Crippen LogP contribution in [0.1, 0.15) is 44.9 Å². The third-order valence-electron chi connectivity index (χ3n) is 5.32. The lowest BCUT2D eigenvalue weighted by Crippen LogP contribution is -2.44. The number of hydrogen-bond donors (Lipinski definition) is 1. The molecule has 24 heavy (non-hydrogen) atoms. The third kappa shape index (κ3) is 4.52. The van der Waals surface area contributed by atoms with Crippen molar-refractivity contribution in [2.45, 2.75) is 50.7 Å². The molecule has 0 amide bonds. The average Bonchev–Trinajstić information content (AvgIpc) is 2.64. The van der Waals surface area contributed by atoms with E-state index >= 15 is 0 Å². The highest BCUT2D eigenvalue weighted by molar-refractivity contribution is 5.19. The Hall–Kier alpha value is -1.04. The highest BCUT2D eigenvalue weighted by Crippen LogP contribution is 2.40. The fourth-order valence-corrected chi connectivity index (χ4v) is 3.83. The molecule has 0 aromatic carbocycles. The predicted octanol–water partition coefficient (Wildman–Crippen LogP) is 2.81. The Balaban J connectivity index is 1.42. The summed E-state index contributed by atoms with van der Waals surface area (Å²) in [5.41, 5.74) is 0. The van der Waals surface area contributed by atoms with Crippen LogP contribution in [-0.2, 0) is 14.2 Å². The molecule has 3 aliphatic rings. The van der Waals surface area contributed by atoms with E-state index in [0.717, 1.165) is 71.4 Å². The summed E-state index contributed by atoms with van der Waals surface area (Å²) < 4.78 is 16.9. The lowest BCUT2D eigenvalue weighted by atomic mass is 9.81. The predicted molar refractivity (Wildman–Crippen MR) is 92.3 cm³/mol. The number of morpholine rings is 1. The smallest absolute Gasteiger partial charge is 0.268 e. The number of hydrogen-bond acceptors (Lipinski definition) is 5. The lowest BCUT2D eigenvalue weighted by Gasteiger charge is -2.39. The van der Waals surface area contributed by atoms with Crippen LogP contribution >= 0.6 is 0 Å². The Morgan fingerprint density at radius 1 is 1.17 bits per heavy atom. The zero-order valence-electron chi connectivity index (χ0n) is 14.6. The van der Waals surface area contributed by atoms with Gasteiger partial charge in [0.05, 0.1) is 26.1 Å². The molecule has 136 valence electrons. The van der Waals surface area contributed by atoms with Crippen LogP contribution in [0.3, 0.4) is 0 Å². The Labute approximate surface area is 145 Å². The average molecular weight is 337 g/mol. The van der Waals surface area contributed by atoms with Crippen molar-refractivity contribution in [2.24, 2.45) is 5.92 Å². The molecule has 0 bridgehead atoms. The number of nitrogens with zero attached hydrogens (tertiary/aromatic N) is 1. The summed E-state index contributed by atoms with van der Waals surface area (Å²) in [5, 5.41) is 11.0. The molecule has 5 nitrogen and oxygen atoms in total. The lowest BCUT2D eigenvalue weighted by molar-refractivity contribution is -0.209. The van der Waals surface area contributed by atoms with E-state index in [0.29, 0.717) is 12.4 Å². The first-order valence-corrected chi connectivity index (χ1v) is 9.49. The van der Waals surface area contributed by atoms with Crippen molar-refractivity contribution in [3.05, 3.63) is 24.2 Å². The highest BCUT2D eigenvalue weighted by atomic mass is 16.6. The molecule has 1 N–H and O–H groups in total. The van der Waals surface area contributed by atoms with Crippen molar-refractivity contribution >= 4 is 0 Å². The summed E-state index contributed by atoms with van der Waals surface area (Å²) in [7, 11) is 0. The first-order chi connectivity index (χ1) is 11.8. The molecule has 2 fully saturated rings. The molecule has 2 heterocycles. The molecule has 0 radical (unpaired) electrons. The molecule has 0 spiro atoms. The number of unbranched alkanes of at least 4 members (excludes halogenated alkanes) is 1. The number of allylic oxidation sites excluding steroid dienone is 2. The first kappa shape index (κ1) is 17.8. The van der Waals surface area contributed by atoms with E-state index < -0.39 is 5.79 Å². The number of rotatable bonds is 7. The summed E-state index contributed by atoms with van der Waals surface area (Å²) in [6.07, 6.45) is 12.9. The Bertz CT molecular complexity index is 439. The minimum atomic E-state index is -1.26. The van der Waals surface area contributed by atoms with Crippen LogP contribution < -0.4 is 0 Å². The molecule has 2 aliphatic heterocycles. The molecule has 5 heteroatoms. The number of ether oxygens (including phenoxy) is 3. The molecule has 0 aromatic heterocycles. The second-order valence-electron chi connectivity index (χ2n) is 7.02. The van der Waals surface area contributed by atoms with Crippen LogP contribution in [0, 0.1) is 5.92 Å². The Morgan fingerprint density at radius 3 is 2.75 bits per heavy atom. The summed E-state index contributed by atoms with van der Waals surface area (Å²) in [4.78, 5) is 2.44. The van der Waals surface area contributed by atoms with Crippen molar-refractivity contribution < 1.29 is 19.3 Å². The fourth-order valence-electron chi connectivity index (χ4n) is 3.83. The van der Waals surface area contributed by atoms with Crippen LogP contribution in [-0.4, -0.2) is 55.2 Å². The number of aliphatic hydroxyl groups is 1. The molecular weight excluding hydrogens is 306 g/mol. The van der Waals surface area contributed by atoms with E-state index in [2.05, 4.69) is 4.90 Å².